The zero-order valence-corrected chi connectivity index (χ0v) is 22.4. The van der Waals surface area contributed by atoms with Crippen molar-refractivity contribution >= 4 is 23.8 Å². The van der Waals surface area contributed by atoms with Gasteiger partial charge >= 0.3 is 0 Å². The summed E-state index contributed by atoms with van der Waals surface area (Å²) in [6.45, 7) is 2.95. The Bertz CT molecular complexity index is 912. The van der Waals surface area contributed by atoms with Crippen molar-refractivity contribution in [3.05, 3.63) is 35.9 Å². The molecule has 2 aliphatic carbocycles. The van der Waals surface area contributed by atoms with E-state index in [-0.39, 0.29) is 5.91 Å². The molecule has 1 heterocycles. The lowest BCUT2D eigenvalue weighted by atomic mass is 9.96. The first-order chi connectivity index (χ1) is 18.8. The molecule has 0 unspecified atom stereocenters. The molecule has 2 saturated carbocycles. The van der Waals surface area contributed by atoms with Crippen molar-refractivity contribution in [2.75, 3.05) is 55.5 Å². The number of carbonyl (C=O) groups excluding carboxylic acids is 1. The maximum atomic E-state index is 12.0. The van der Waals surface area contributed by atoms with E-state index in [0.717, 1.165) is 25.7 Å². The van der Waals surface area contributed by atoms with Gasteiger partial charge < -0.3 is 30.7 Å². The third-order valence-electron chi connectivity index (χ3n) is 6.98. The molecule has 4 rings (SSSR count). The lowest BCUT2D eigenvalue weighted by Gasteiger charge is -2.25. The lowest BCUT2D eigenvalue weighted by molar-refractivity contribution is 0.0519. The number of anilines is 3. The van der Waals surface area contributed by atoms with Gasteiger partial charge in [0.1, 0.15) is 0 Å². The summed E-state index contributed by atoms with van der Waals surface area (Å²) >= 11 is 0. The van der Waals surface area contributed by atoms with Gasteiger partial charge in [-0.05, 0) is 37.8 Å². The summed E-state index contributed by atoms with van der Waals surface area (Å²) in [6.07, 6.45) is 12.3. The second-order valence-electron chi connectivity index (χ2n) is 10.0. The summed E-state index contributed by atoms with van der Waals surface area (Å²) in [4.78, 5) is 25.9. The summed E-state index contributed by atoms with van der Waals surface area (Å²) in [5.74, 6) is 1.75. The third-order valence-corrected chi connectivity index (χ3v) is 6.98. The fraction of sp³-hybridized carbons (Fsp3) is 0.643. The van der Waals surface area contributed by atoms with Gasteiger partial charge in [0.05, 0.1) is 26.4 Å². The van der Waals surface area contributed by atoms with Gasteiger partial charge in [0.15, 0.2) is 0 Å². The minimum absolute atomic E-state index is 0.0935. The van der Waals surface area contributed by atoms with Gasteiger partial charge in [0.25, 0.3) is 5.91 Å². The molecule has 4 N–H and O–H groups in total. The van der Waals surface area contributed by atoms with Crippen LogP contribution in [0, 0.1) is 0 Å². The fourth-order valence-corrected chi connectivity index (χ4v) is 4.93. The molecule has 1 amide bonds. The summed E-state index contributed by atoms with van der Waals surface area (Å²) in [5.41, 5.74) is 0.648. The maximum absolute atomic E-state index is 12.0. The SMILES string of the molecule is O=C(NCCOCCOCCNc1nc(NC2CCCCC2)nc(NC2CCCCC2)n1)c1ccccc1. The second kappa shape index (κ2) is 16.1. The molecule has 0 radical (unpaired) electrons. The standard InChI is InChI=1S/C28H43N7O3/c36-25(22-10-4-1-5-11-22)29-16-18-37-20-21-38-19-17-30-26-33-27(31-23-12-6-2-7-13-23)35-28(34-26)32-24-14-8-3-9-15-24/h1,4-5,10-11,23-24H,2-3,6-9,12-21H2,(H,29,36)(H3,30,31,32,33,34,35). The van der Waals surface area contributed by atoms with Crippen LogP contribution in [-0.4, -0.2) is 72.5 Å². The summed E-state index contributed by atoms with van der Waals surface area (Å²) in [6, 6.07) is 10.0. The largest absolute Gasteiger partial charge is 0.377 e. The molecule has 1 aromatic carbocycles. The lowest BCUT2D eigenvalue weighted by Crippen LogP contribution is -2.27. The highest BCUT2D eigenvalue weighted by atomic mass is 16.5. The van der Waals surface area contributed by atoms with Crippen LogP contribution in [0.2, 0.25) is 0 Å². The average molecular weight is 526 g/mol. The molecule has 0 atom stereocenters. The maximum Gasteiger partial charge on any atom is 0.251 e. The normalized spacial score (nSPS) is 16.6. The van der Waals surface area contributed by atoms with E-state index in [4.69, 9.17) is 9.47 Å². The Morgan fingerprint density at radius 2 is 1.21 bits per heavy atom. The Kier molecular flexibility index (Phi) is 11.9. The number of hydrogen-bond donors (Lipinski definition) is 4. The predicted molar refractivity (Wildman–Crippen MR) is 150 cm³/mol. The first-order valence-electron chi connectivity index (χ1n) is 14.3. The van der Waals surface area contributed by atoms with Crippen molar-refractivity contribution in [1.82, 2.24) is 20.3 Å². The number of hydrogen-bond acceptors (Lipinski definition) is 9. The summed E-state index contributed by atoms with van der Waals surface area (Å²) < 4.78 is 11.2. The highest BCUT2D eigenvalue weighted by Crippen LogP contribution is 2.23. The van der Waals surface area contributed by atoms with Crippen molar-refractivity contribution in [3.63, 3.8) is 0 Å². The molecular weight excluding hydrogens is 482 g/mol. The summed E-state index contributed by atoms with van der Waals surface area (Å²) in [7, 11) is 0. The van der Waals surface area contributed by atoms with Gasteiger partial charge in [-0.2, -0.15) is 15.0 Å². The number of nitrogens with zero attached hydrogens (tertiary/aromatic N) is 3. The van der Waals surface area contributed by atoms with E-state index in [1.54, 1.807) is 12.1 Å². The van der Waals surface area contributed by atoms with Gasteiger partial charge in [-0.15, -0.1) is 0 Å². The Hall–Kier alpha value is -2.98. The van der Waals surface area contributed by atoms with E-state index >= 15 is 0 Å². The molecule has 2 aromatic rings. The van der Waals surface area contributed by atoms with Gasteiger partial charge in [-0.1, -0.05) is 56.7 Å². The molecule has 0 aliphatic heterocycles. The Morgan fingerprint density at radius 1 is 0.684 bits per heavy atom. The third kappa shape index (κ3) is 10.1. The first kappa shape index (κ1) is 28.0. The quantitative estimate of drug-likeness (QED) is 0.253. The molecule has 10 heteroatoms. The van der Waals surface area contributed by atoms with Crippen LogP contribution in [0.3, 0.4) is 0 Å². The first-order valence-corrected chi connectivity index (χ1v) is 14.3. The van der Waals surface area contributed by atoms with Gasteiger partial charge in [0.2, 0.25) is 17.8 Å². The molecule has 1 aromatic heterocycles. The van der Waals surface area contributed by atoms with Gasteiger partial charge in [-0.25, -0.2) is 0 Å². The van der Waals surface area contributed by atoms with Crippen molar-refractivity contribution in [3.8, 4) is 0 Å². The van der Waals surface area contributed by atoms with E-state index in [1.807, 2.05) is 18.2 Å². The Balaban J connectivity index is 1.13. The molecule has 10 nitrogen and oxygen atoms in total. The Labute approximate surface area is 226 Å². The van der Waals surface area contributed by atoms with E-state index in [2.05, 4.69) is 36.2 Å². The molecule has 0 spiro atoms. The van der Waals surface area contributed by atoms with Gasteiger partial charge in [0, 0.05) is 30.7 Å². The fourth-order valence-electron chi connectivity index (χ4n) is 4.93. The molecule has 0 saturated heterocycles. The molecule has 2 aliphatic rings. The van der Waals surface area contributed by atoms with Gasteiger partial charge in [-0.3, -0.25) is 4.79 Å². The monoisotopic (exact) mass is 525 g/mol. The van der Waals surface area contributed by atoms with E-state index in [9.17, 15) is 4.79 Å². The molecule has 38 heavy (non-hydrogen) atoms. The van der Waals surface area contributed by atoms with Crippen LogP contribution in [-0.2, 0) is 9.47 Å². The number of amides is 1. The van der Waals surface area contributed by atoms with Crippen molar-refractivity contribution in [2.24, 2.45) is 0 Å². The van der Waals surface area contributed by atoms with Crippen LogP contribution in [0.25, 0.3) is 0 Å². The minimum Gasteiger partial charge on any atom is -0.377 e. The smallest absolute Gasteiger partial charge is 0.251 e. The Morgan fingerprint density at radius 3 is 1.79 bits per heavy atom. The van der Waals surface area contributed by atoms with E-state index in [0.29, 0.717) is 75.0 Å². The number of benzene rings is 1. The number of carbonyl (C=O) groups is 1. The minimum atomic E-state index is -0.0935. The van der Waals surface area contributed by atoms with Crippen molar-refractivity contribution in [2.45, 2.75) is 76.3 Å². The number of rotatable bonds is 15. The predicted octanol–water partition coefficient (Wildman–Crippen LogP) is 4.24. The van der Waals surface area contributed by atoms with Crippen LogP contribution in [0.4, 0.5) is 17.8 Å². The average Bonchev–Trinajstić information content (AvgIpc) is 2.95. The number of nitrogens with one attached hydrogen (secondary N) is 4. The van der Waals surface area contributed by atoms with Crippen LogP contribution >= 0.6 is 0 Å². The van der Waals surface area contributed by atoms with E-state index < -0.39 is 0 Å². The van der Waals surface area contributed by atoms with Crippen LogP contribution in [0.1, 0.15) is 74.6 Å². The topological polar surface area (TPSA) is 122 Å². The zero-order chi connectivity index (χ0) is 26.3. The van der Waals surface area contributed by atoms with Crippen LogP contribution in [0.5, 0.6) is 0 Å². The van der Waals surface area contributed by atoms with Crippen molar-refractivity contribution < 1.29 is 14.3 Å². The number of ether oxygens (including phenoxy) is 2. The van der Waals surface area contributed by atoms with E-state index in [1.165, 1.54) is 38.5 Å². The second-order valence-corrected chi connectivity index (χ2v) is 10.0. The zero-order valence-electron chi connectivity index (χ0n) is 22.4. The highest BCUT2D eigenvalue weighted by molar-refractivity contribution is 5.94. The van der Waals surface area contributed by atoms with Crippen LogP contribution < -0.4 is 21.3 Å². The highest BCUT2D eigenvalue weighted by Gasteiger charge is 2.18. The molecule has 208 valence electrons. The van der Waals surface area contributed by atoms with Crippen LogP contribution in [0.15, 0.2) is 30.3 Å². The summed E-state index contributed by atoms with van der Waals surface area (Å²) in [5, 5.41) is 13.2. The number of aromatic nitrogens is 3. The molecule has 0 bridgehead atoms. The molecular formula is C28H43N7O3. The van der Waals surface area contributed by atoms with Crippen molar-refractivity contribution in [1.29, 1.82) is 0 Å². The molecule has 2 fully saturated rings.